The molecule has 14 nitrogen and oxygen atoms in total. The number of hydrogen-bond acceptors (Lipinski definition) is 11. The van der Waals surface area contributed by atoms with Crippen molar-refractivity contribution in [2.45, 2.75) is 152 Å². The minimum Gasteiger partial charge on any atom is -0.455 e. The number of fused-ring (bicyclic) bond motifs is 1. The van der Waals surface area contributed by atoms with E-state index in [1.54, 1.807) is 30.6 Å². The zero-order valence-electron chi connectivity index (χ0n) is 42.4. The van der Waals surface area contributed by atoms with Gasteiger partial charge in [0.05, 0.1) is 21.6 Å². The number of nitro benzene ring substituents is 1. The summed E-state index contributed by atoms with van der Waals surface area (Å²) in [6, 6.07) is 22.7. The van der Waals surface area contributed by atoms with E-state index < -0.39 is 20.9 Å². The van der Waals surface area contributed by atoms with Crippen LogP contribution in [0.15, 0.2) is 95.7 Å². The number of amides is 1. The van der Waals surface area contributed by atoms with Crippen LogP contribution in [0.25, 0.3) is 16.6 Å². The minimum absolute atomic E-state index is 0.0176. The molecule has 0 spiro atoms. The third kappa shape index (κ3) is 12.1. The molecule has 1 saturated heterocycles. The molecule has 1 aliphatic heterocycles. The van der Waals surface area contributed by atoms with E-state index in [1.165, 1.54) is 93.1 Å². The van der Waals surface area contributed by atoms with Crippen LogP contribution in [-0.2, 0) is 10.0 Å². The van der Waals surface area contributed by atoms with Crippen molar-refractivity contribution in [3.63, 3.8) is 0 Å². The molecule has 4 fully saturated rings. The van der Waals surface area contributed by atoms with Gasteiger partial charge in [0.1, 0.15) is 22.8 Å². The molecule has 1 amide bonds. The van der Waals surface area contributed by atoms with Crippen LogP contribution in [0.4, 0.5) is 17.1 Å². The Morgan fingerprint density at radius 3 is 2.23 bits per heavy atom. The summed E-state index contributed by atoms with van der Waals surface area (Å²) in [6.07, 6.45) is 23.4. The number of aromatic amines is 1. The van der Waals surface area contributed by atoms with Crippen molar-refractivity contribution in [1.82, 2.24) is 24.5 Å². The molecule has 3 saturated carbocycles. The first-order valence-corrected chi connectivity index (χ1v) is 28.7. The van der Waals surface area contributed by atoms with Crippen LogP contribution < -0.4 is 19.7 Å². The zero-order chi connectivity index (χ0) is 50.7. The van der Waals surface area contributed by atoms with Gasteiger partial charge < -0.3 is 19.9 Å². The third-order valence-electron chi connectivity index (χ3n) is 16.5. The standard InChI is InChI=1S/C57H71ClN8O6S/c1-57(2)27-25-41(51(36-57)39-13-15-42(58)16-14-39)38-63-29-31-64(32-30-63)47-21-23-50(54(34-47)72-48-33-40-26-28-59-55(40)60-37-48)56(67)62-73(70,71)49-22-24-52(53(35-49)66(68)69)61-43-17-19-46(20-18-43)65(44-9-5-3-6-10-44)45-11-7-4-8-12-45/h13-16,21-24,26,28,33-35,37,43-46,61H,3-12,17-20,25,27,29-32,36,38H2,1-2H3,(H,59,60)(H,62,67). The second-order valence-corrected chi connectivity index (χ2v) is 24.2. The number of rotatable bonds is 15. The average molecular weight is 1030 g/mol. The maximum Gasteiger partial charge on any atom is 0.293 e. The number of carbonyl (C=O) groups is 1. The van der Waals surface area contributed by atoms with Crippen molar-refractivity contribution >= 4 is 61.2 Å². The van der Waals surface area contributed by atoms with E-state index in [0.29, 0.717) is 29.5 Å². The number of nitro groups is 1. The number of sulfonamides is 1. The number of anilines is 2. The van der Waals surface area contributed by atoms with E-state index in [-0.39, 0.29) is 39.0 Å². The molecule has 3 heterocycles. The van der Waals surface area contributed by atoms with E-state index in [1.807, 2.05) is 24.3 Å². The van der Waals surface area contributed by atoms with Crippen LogP contribution >= 0.6 is 11.6 Å². The molecular weight excluding hydrogens is 960 g/mol. The third-order valence-corrected chi connectivity index (χ3v) is 18.1. The van der Waals surface area contributed by atoms with Crippen molar-refractivity contribution in [3.05, 3.63) is 117 Å². The Hall–Kier alpha value is -5.48. The first kappa shape index (κ1) is 51.0. The molecule has 3 aromatic carbocycles. The van der Waals surface area contributed by atoms with Gasteiger partial charge in [-0.3, -0.25) is 24.7 Å². The summed E-state index contributed by atoms with van der Waals surface area (Å²) < 4.78 is 36.6. The van der Waals surface area contributed by atoms with Gasteiger partial charge >= 0.3 is 0 Å². The molecule has 5 aliphatic rings. The van der Waals surface area contributed by atoms with E-state index >= 15 is 0 Å². The average Bonchev–Trinajstić information content (AvgIpc) is 3.87. The van der Waals surface area contributed by atoms with Crippen LogP contribution in [0, 0.1) is 15.5 Å². The van der Waals surface area contributed by atoms with Gasteiger partial charge in [-0.25, -0.2) is 18.1 Å². The van der Waals surface area contributed by atoms with Gasteiger partial charge in [-0.2, -0.15) is 0 Å². The molecule has 5 aromatic rings. The molecule has 388 valence electrons. The number of aromatic nitrogens is 2. The largest absolute Gasteiger partial charge is 0.455 e. The van der Waals surface area contributed by atoms with Gasteiger partial charge in [0, 0.05) is 91.3 Å². The molecule has 16 heteroatoms. The molecule has 3 N–H and O–H groups in total. The molecule has 0 radical (unpaired) electrons. The monoisotopic (exact) mass is 1030 g/mol. The number of allylic oxidation sites excluding steroid dienone is 1. The Bertz CT molecular complexity index is 2900. The van der Waals surface area contributed by atoms with Crippen molar-refractivity contribution in [2.24, 2.45) is 5.41 Å². The zero-order valence-corrected chi connectivity index (χ0v) is 44.0. The second kappa shape index (κ2) is 22.2. The van der Waals surface area contributed by atoms with Crippen molar-refractivity contribution < 1.29 is 22.9 Å². The van der Waals surface area contributed by atoms with Gasteiger partial charge in [0.25, 0.3) is 21.6 Å². The van der Waals surface area contributed by atoms with Gasteiger partial charge in [-0.15, -0.1) is 0 Å². The number of H-pyrrole nitrogens is 1. The quantitative estimate of drug-likeness (QED) is 0.0675. The number of pyridine rings is 1. The molecule has 10 rings (SSSR count). The summed E-state index contributed by atoms with van der Waals surface area (Å²) in [6.45, 7) is 8.69. The predicted octanol–water partition coefficient (Wildman–Crippen LogP) is 12.5. The number of carbonyl (C=O) groups excluding carboxylic acids is 1. The second-order valence-electron chi connectivity index (χ2n) is 22.1. The highest BCUT2D eigenvalue weighted by atomic mass is 35.5. The van der Waals surface area contributed by atoms with Gasteiger partial charge in [-0.1, -0.05) is 81.7 Å². The number of hydrogen-bond donors (Lipinski definition) is 3. The minimum atomic E-state index is -4.58. The summed E-state index contributed by atoms with van der Waals surface area (Å²) in [5.74, 6) is -0.420. The molecule has 4 aliphatic carbocycles. The van der Waals surface area contributed by atoms with Crippen LogP contribution in [0.2, 0.25) is 5.02 Å². The topological polar surface area (TPSA) is 166 Å². The van der Waals surface area contributed by atoms with Crippen molar-refractivity contribution in [1.29, 1.82) is 0 Å². The Labute approximate surface area is 435 Å². The fraction of sp³-hybridized carbons (Fsp3) is 0.509. The number of ether oxygens (including phenoxy) is 1. The number of nitrogens with zero attached hydrogens (tertiary/aromatic N) is 5. The Morgan fingerprint density at radius 1 is 0.863 bits per heavy atom. The van der Waals surface area contributed by atoms with Crippen molar-refractivity contribution in [3.8, 4) is 11.5 Å². The van der Waals surface area contributed by atoms with Crippen LogP contribution in [0.3, 0.4) is 0 Å². The number of benzene rings is 3. The first-order valence-electron chi connectivity index (χ1n) is 26.8. The lowest BCUT2D eigenvalue weighted by molar-refractivity contribution is -0.384. The smallest absolute Gasteiger partial charge is 0.293 e. The van der Waals surface area contributed by atoms with E-state index in [0.717, 1.165) is 99.8 Å². The maximum absolute atomic E-state index is 14.2. The first-order chi connectivity index (χ1) is 35.2. The van der Waals surface area contributed by atoms with Crippen LogP contribution in [0.1, 0.15) is 139 Å². The highest BCUT2D eigenvalue weighted by Gasteiger charge is 2.37. The van der Waals surface area contributed by atoms with Crippen LogP contribution in [0.5, 0.6) is 11.5 Å². The lowest BCUT2D eigenvalue weighted by atomic mass is 9.72. The fourth-order valence-corrected chi connectivity index (χ4v) is 13.7. The highest BCUT2D eigenvalue weighted by molar-refractivity contribution is 7.90. The molecule has 73 heavy (non-hydrogen) atoms. The Balaban J connectivity index is 0.826. The molecular formula is C57H71ClN8O6S. The van der Waals surface area contributed by atoms with Crippen LogP contribution in [-0.4, -0.2) is 95.9 Å². The van der Waals surface area contributed by atoms with E-state index in [2.05, 4.69) is 60.7 Å². The summed E-state index contributed by atoms with van der Waals surface area (Å²) in [7, 11) is -4.58. The van der Waals surface area contributed by atoms with E-state index in [9.17, 15) is 23.3 Å². The summed E-state index contributed by atoms with van der Waals surface area (Å²) in [4.78, 5) is 41.0. The van der Waals surface area contributed by atoms with Crippen molar-refractivity contribution in [2.75, 3.05) is 42.9 Å². The Morgan fingerprint density at radius 2 is 1.55 bits per heavy atom. The fourth-order valence-electron chi connectivity index (χ4n) is 12.6. The maximum atomic E-state index is 14.2. The summed E-state index contributed by atoms with van der Waals surface area (Å²) >= 11 is 6.27. The molecule has 2 aromatic heterocycles. The highest BCUT2D eigenvalue weighted by Crippen LogP contribution is 2.44. The molecule has 0 bridgehead atoms. The van der Waals surface area contributed by atoms with E-state index in [4.69, 9.17) is 16.3 Å². The van der Waals surface area contributed by atoms with Gasteiger partial charge in [0.2, 0.25) is 0 Å². The lowest BCUT2D eigenvalue weighted by Crippen LogP contribution is -2.52. The van der Waals surface area contributed by atoms with Gasteiger partial charge in [-0.05, 0) is 136 Å². The predicted molar refractivity (Wildman–Crippen MR) is 290 cm³/mol. The lowest BCUT2D eigenvalue weighted by Gasteiger charge is -2.48. The molecule has 0 atom stereocenters. The number of piperazine rings is 1. The summed E-state index contributed by atoms with van der Waals surface area (Å²) in [5, 5.41) is 17.5. The summed E-state index contributed by atoms with van der Waals surface area (Å²) in [5.41, 5.74) is 5.75. The number of halogens is 1. The van der Waals surface area contributed by atoms with Gasteiger partial charge in [0.15, 0.2) is 0 Å². The normalized spacial score (nSPS) is 21.6. The SMILES string of the molecule is CC1(C)CCC(CN2CCN(c3ccc(C(=O)NS(=O)(=O)c4ccc(NC5CCC(N(C6CCCCC6)C6CCCCC6)CC5)c([N+](=O)[O-])c4)c(Oc4cnc5[nH]ccc5c4)c3)CC2)=C(c2ccc(Cl)cc2)C1. The molecule has 0 unspecified atom stereocenters. The Kier molecular flexibility index (Phi) is 15.5. The number of nitrogens with one attached hydrogen (secondary N) is 3.